The van der Waals surface area contributed by atoms with E-state index in [9.17, 15) is 4.79 Å². The van der Waals surface area contributed by atoms with Gasteiger partial charge in [-0.2, -0.15) is 0 Å². The van der Waals surface area contributed by atoms with Gasteiger partial charge in [0.1, 0.15) is 0 Å². The number of piperazine rings is 1. The third-order valence-electron chi connectivity index (χ3n) is 4.13. The molecule has 1 aromatic carbocycles. The zero-order chi connectivity index (χ0) is 13.9. The van der Waals surface area contributed by atoms with E-state index < -0.39 is 0 Å². The molecule has 1 saturated heterocycles. The number of hydrogen-bond acceptors (Lipinski definition) is 4. The molecule has 5 heteroatoms. The van der Waals surface area contributed by atoms with E-state index in [0.717, 1.165) is 56.9 Å². The zero-order valence-electron chi connectivity index (χ0n) is 11.8. The average molecular weight is 274 g/mol. The molecule has 2 heterocycles. The summed E-state index contributed by atoms with van der Waals surface area (Å²) in [5, 5.41) is 2.88. The van der Waals surface area contributed by atoms with Crippen molar-refractivity contribution >= 4 is 17.3 Å². The van der Waals surface area contributed by atoms with Crippen molar-refractivity contribution in [2.24, 2.45) is 5.73 Å². The number of carbonyl (C=O) groups is 1. The first kappa shape index (κ1) is 13.4. The molecule has 0 radical (unpaired) electrons. The Morgan fingerprint density at radius 3 is 2.75 bits per heavy atom. The summed E-state index contributed by atoms with van der Waals surface area (Å²) in [7, 11) is 0. The molecule has 1 fully saturated rings. The van der Waals surface area contributed by atoms with Crippen LogP contribution in [0.25, 0.3) is 0 Å². The lowest BCUT2D eigenvalue weighted by atomic mass is 10.1. The third-order valence-corrected chi connectivity index (χ3v) is 4.13. The molecule has 3 rings (SSSR count). The highest BCUT2D eigenvalue weighted by Crippen LogP contribution is 2.28. The minimum absolute atomic E-state index is 0.101. The molecule has 0 unspecified atom stereocenters. The molecule has 0 bridgehead atoms. The maximum absolute atomic E-state index is 11.4. The van der Waals surface area contributed by atoms with E-state index in [0.29, 0.717) is 6.42 Å². The van der Waals surface area contributed by atoms with Crippen LogP contribution >= 0.6 is 0 Å². The fraction of sp³-hybridized carbons (Fsp3) is 0.533. The summed E-state index contributed by atoms with van der Waals surface area (Å²) in [4.78, 5) is 16.3. The van der Waals surface area contributed by atoms with Crippen LogP contribution in [0, 0.1) is 0 Å². The molecule has 5 nitrogen and oxygen atoms in total. The van der Waals surface area contributed by atoms with Crippen LogP contribution in [0.1, 0.15) is 12.0 Å². The summed E-state index contributed by atoms with van der Waals surface area (Å²) >= 11 is 0. The molecule has 1 amide bonds. The smallest absolute Gasteiger partial charge is 0.228 e. The molecule has 0 aromatic heterocycles. The number of carbonyl (C=O) groups excluding carboxylic acids is 1. The molecule has 20 heavy (non-hydrogen) atoms. The number of rotatable bonds is 4. The van der Waals surface area contributed by atoms with Crippen molar-refractivity contribution in [1.82, 2.24) is 4.90 Å². The maximum Gasteiger partial charge on any atom is 0.228 e. The lowest BCUT2D eigenvalue weighted by Gasteiger charge is -2.36. The highest BCUT2D eigenvalue weighted by molar-refractivity contribution is 5.99. The van der Waals surface area contributed by atoms with Gasteiger partial charge < -0.3 is 16.0 Å². The van der Waals surface area contributed by atoms with Gasteiger partial charge in [-0.25, -0.2) is 0 Å². The van der Waals surface area contributed by atoms with Crippen LogP contribution in [0.3, 0.4) is 0 Å². The lowest BCUT2D eigenvalue weighted by Crippen LogP contribution is -2.46. The third kappa shape index (κ3) is 2.78. The highest BCUT2D eigenvalue weighted by atomic mass is 16.1. The van der Waals surface area contributed by atoms with Gasteiger partial charge >= 0.3 is 0 Å². The van der Waals surface area contributed by atoms with E-state index in [2.05, 4.69) is 27.2 Å². The average Bonchev–Trinajstić information content (AvgIpc) is 2.84. The Morgan fingerprint density at radius 2 is 2.00 bits per heavy atom. The molecule has 108 valence electrons. The van der Waals surface area contributed by atoms with Crippen molar-refractivity contribution in [3.63, 3.8) is 0 Å². The van der Waals surface area contributed by atoms with Gasteiger partial charge in [-0.15, -0.1) is 0 Å². The Hall–Kier alpha value is -1.59. The van der Waals surface area contributed by atoms with Crippen LogP contribution in [0.2, 0.25) is 0 Å². The Bertz CT molecular complexity index is 495. The minimum atomic E-state index is 0.101. The molecule has 2 aliphatic rings. The monoisotopic (exact) mass is 274 g/mol. The van der Waals surface area contributed by atoms with Crippen molar-refractivity contribution in [2.45, 2.75) is 12.8 Å². The molecule has 1 aromatic rings. The molecular formula is C15H22N4O. The van der Waals surface area contributed by atoms with Crippen LogP contribution in [-0.4, -0.2) is 50.1 Å². The molecule has 0 spiro atoms. The van der Waals surface area contributed by atoms with E-state index in [1.807, 2.05) is 6.07 Å². The van der Waals surface area contributed by atoms with Gasteiger partial charge in [-0.1, -0.05) is 0 Å². The van der Waals surface area contributed by atoms with Crippen molar-refractivity contribution in [2.75, 3.05) is 49.5 Å². The van der Waals surface area contributed by atoms with E-state index in [4.69, 9.17) is 5.73 Å². The summed E-state index contributed by atoms with van der Waals surface area (Å²) in [6.07, 6.45) is 1.59. The molecule has 0 aliphatic carbocycles. The molecule has 0 saturated carbocycles. The minimum Gasteiger partial charge on any atom is -0.369 e. The predicted octanol–water partition coefficient (Wildman–Crippen LogP) is 0.652. The van der Waals surface area contributed by atoms with Gasteiger partial charge in [0.15, 0.2) is 0 Å². The Morgan fingerprint density at radius 1 is 1.20 bits per heavy atom. The largest absolute Gasteiger partial charge is 0.369 e. The van der Waals surface area contributed by atoms with Crippen molar-refractivity contribution in [1.29, 1.82) is 0 Å². The summed E-state index contributed by atoms with van der Waals surface area (Å²) < 4.78 is 0. The first-order valence-electron chi connectivity index (χ1n) is 7.36. The highest BCUT2D eigenvalue weighted by Gasteiger charge is 2.21. The topological polar surface area (TPSA) is 61.6 Å². The van der Waals surface area contributed by atoms with E-state index in [1.165, 1.54) is 5.69 Å². The van der Waals surface area contributed by atoms with Crippen LogP contribution < -0.4 is 16.0 Å². The summed E-state index contributed by atoms with van der Waals surface area (Å²) in [6.45, 7) is 6.15. The number of amides is 1. The summed E-state index contributed by atoms with van der Waals surface area (Å²) in [6, 6.07) is 6.29. The Kier molecular flexibility index (Phi) is 3.89. The number of hydrogen-bond donors (Lipinski definition) is 2. The van der Waals surface area contributed by atoms with Gasteiger partial charge in [0.2, 0.25) is 5.91 Å². The first-order valence-corrected chi connectivity index (χ1v) is 7.36. The Labute approximate surface area is 119 Å². The van der Waals surface area contributed by atoms with Crippen molar-refractivity contribution in [3.05, 3.63) is 23.8 Å². The van der Waals surface area contributed by atoms with Gasteiger partial charge in [0.25, 0.3) is 0 Å². The molecule has 2 aliphatic heterocycles. The summed E-state index contributed by atoms with van der Waals surface area (Å²) in [5.74, 6) is 0.101. The Balaban J connectivity index is 1.61. The standard InChI is InChI=1S/C15H22N4O/c16-4-1-5-18-6-8-19(9-7-18)13-2-3-14-12(10-13)11-15(20)17-14/h2-3,10H,1,4-9,11,16H2,(H,17,20). The number of nitrogens with zero attached hydrogens (tertiary/aromatic N) is 2. The lowest BCUT2D eigenvalue weighted by molar-refractivity contribution is -0.115. The SMILES string of the molecule is NCCCN1CCN(c2ccc3c(c2)CC(=O)N3)CC1. The van der Waals surface area contributed by atoms with Crippen molar-refractivity contribution < 1.29 is 4.79 Å². The second-order valence-electron chi connectivity index (χ2n) is 5.54. The van der Waals surface area contributed by atoms with E-state index >= 15 is 0 Å². The molecular weight excluding hydrogens is 252 g/mol. The molecule has 0 atom stereocenters. The maximum atomic E-state index is 11.4. The van der Waals surface area contributed by atoms with Crippen LogP contribution in [0.4, 0.5) is 11.4 Å². The van der Waals surface area contributed by atoms with E-state index in [1.54, 1.807) is 0 Å². The number of nitrogens with one attached hydrogen (secondary N) is 1. The van der Waals surface area contributed by atoms with Gasteiger partial charge in [0, 0.05) is 37.6 Å². The van der Waals surface area contributed by atoms with Gasteiger partial charge in [-0.05, 0) is 43.3 Å². The fourth-order valence-corrected chi connectivity index (χ4v) is 2.96. The normalized spacial score (nSPS) is 19.1. The number of fused-ring (bicyclic) bond motifs is 1. The van der Waals surface area contributed by atoms with Crippen LogP contribution in [0.5, 0.6) is 0 Å². The second-order valence-corrected chi connectivity index (χ2v) is 5.54. The van der Waals surface area contributed by atoms with Crippen LogP contribution in [-0.2, 0) is 11.2 Å². The van der Waals surface area contributed by atoms with E-state index in [-0.39, 0.29) is 5.91 Å². The fourth-order valence-electron chi connectivity index (χ4n) is 2.96. The summed E-state index contributed by atoms with van der Waals surface area (Å²) in [5.41, 5.74) is 8.89. The quantitative estimate of drug-likeness (QED) is 0.846. The van der Waals surface area contributed by atoms with Gasteiger partial charge in [-0.3, -0.25) is 9.69 Å². The number of anilines is 2. The first-order chi connectivity index (χ1) is 9.76. The predicted molar refractivity (Wildman–Crippen MR) is 81.1 cm³/mol. The van der Waals surface area contributed by atoms with Crippen LogP contribution in [0.15, 0.2) is 18.2 Å². The zero-order valence-corrected chi connectivity index (χ0v) is 11.8. The van der Waals surface area contributed by atoms with Gasteiger partial charge in [0.05, 0.1) is 6.42 Å². The molecule has 3 N–H and O–H groups in total. The number of nitrogens with two attached hydrogens (primary N) is 1. The number of benzene rings is 1. The second kappa shape index (κ2) is 5.81. The van der Waals surface area contributed by atoms with Crippen molar-refractivity contribution in [3.8, 4) is 0 Å².